The first-order valence-electron chi connectivity index (χ1n) is 9.77. The van der Waals surface area contributed by atoms with Gasteiger partial charge in [-0.1, -0.05) is 24.3 Å². The predicted octanol–water partition coefficient (Wildman–Crippen LogP) is 4.22. The van der Waals surface area contributed by atoms with E-state index in [-0.39, 0.29) is 23.5 Å². The lowest BCUT2D eigenvalue weighted by atomic mass is 10.0. The van der Waals surface area contributed by atoms with Gasteiger partial charge in [0.05, 0.1) is 23.3 Å². The minimum atomic E-state index is -0.645. The van der Waals surface area contributed by atoms with E-state index in [1.807, 2.05) is 0 Å². The first-order valence-corrected chi connectivity index (χ1v) is 9.77. The molecule has 7 heteroatoms. The second-order valence-electron chi connectivity index (χ2n) is 6.97. The summed E-state index contributed by atoms with van der Waals surface area (Å²) in [6.45, 7) is 4.72. The molecule has 1 aromatic heterocycles. The molecule has 2 N–H and O–H groups in total. The maximum absolute atomic E-state index is 12.7. The van der Waals surface area contributed by atoms with Crippen LogP contribution in [-0.4, -0.2) is 41.0 Å². The monoisotopic (exact) mass is 421 g/mol. The summed E-state index contributed by atoms with van der Waals surface area (Å²) in [6, 6.07) is 13.4. The lowest BCUT2D eigenvalue weighted by Gasteiger charge is -2.08. The molecule has 31 heavy (non-hydrogen) atoms. The molecule has 0 radical (unpaired) electrons. The number of benzene rings is 2. The quantitative estimate of drug-likeness (QED) is 0.437. The number of hydrogen-bond donors (Lipinski definition) is 2. The van der Waals surface area contributed by atoms with E-state index in [9.17, 15) is 19.5 Å². The van der Waals surface area contributed by atoms with E-state index in [1.165, 1.54) is 0 Å². The smallest absolute Gasteiger partial charge is 0.340 e. The van der Waals surface area contributed by atoms with Crippen LogP contribution < -0.4 is 0 Å². The normalized spacial score (nSPS) is 10.5. The summed E-state index contributed by atoms with van der Waals surface area (Å²) in [5, 5.41) is 9.38. The van der Waals surface area contributed by atoms with Crippen LogP contribution >= 0.6 is 0 Å². The van der Waals surface area contributed by atoms with Crippen molar-refractivity contribution in [2.24, 2.45) is 0 Å². The number of rotatable bonds is 7. The summed E-state index contributed by atoms with van der Waals surface area (Å²) >= 11 is 0. The molecule has 7 nitrogen and oxygen atoms in total. The van der Waals surface area contributed by atoms with Gasteiger partial charge in [0.25, 0.3) is 0 Å². The van der Waals surface area contributed by atoms with Crippen LogP contribution in [0.4, 0.5) is 0 Å². The molecule has 3 rings (SSSR count). The van der Waals surface area contributed by atoms with Gasteiger partial charge >= 0.3 is 11.9 Å². The molecule has 2 aromatic carbocycles. The van der Waals surface area contributed by atoms with E-state index >= 15 is 0 Å². The number of ether oxygens (including phenoxy) is 2. The number of aromatic hydroxyl groups is 1. The van der Waals surface area contributed by atoms with Crippen LogP contribution in [0.2, 0.25) is 0 Å². The van der Waals surface area contributed by atoms with Crippen LogP contribution in [-0.2, 0) is 9.47 Å². The second kappa shape index (κ2) is 9.30. The standard InChI is InChI=1S/C24H23NO6/c1-4-30-24(29)22-15(3)25-14(2)21(22)20(27)13-31-23(28)18-7-5-16(6-8-18)17-9-11-19(26)12-10-17/h5-12,25-26H,4,13H2,1-3H3. The van der Waals surface area contributed by atoms with Crippen LogP contribution in [0.3, 0.4) is 0 Å². The van der Waals surface area contributed by atoms with Gasteiger partial charge in [-0.25, -0.2) is 9.59 Å². The van der Waals surface area contributed by atoms with Crippen LogP contribution in [0.5, 0.6) is 5.75 Å². The Labute approximate surface area is 179 Å². The largest absolute Gasteiger partial charge is 0.508 e. The van der Waals surface area contributed by atoms with Crippen molar-refractivity contribution in [1.82, 2.24) is 4.98 Å². The number of H-pyrrole nitrogens is 1. The van der Waals surface area contributed by atoms with Crippen molar-refractivity contribution in [3.05, 3.63) is 76.6 Å². The molecule has 0 aliphatic rings. The van der Waals surface area contributed by atoms with Crippen molar-refractivity contribution >= 4 is 17.7 Å². The first kappa shape index (κ1) is 21.8. The highest BCUT2D eigenvalue weighted by Crippen LogP contribution is 2.23. The number of aromatic nitrogens is 1. The van der Waals surface area contributed by atoms with Crippen molar-refractivity contribution in [3.8, 4) is 16.9 Å². The van der Waals surface area contributed by atoms with E-state index in [0.29, 0.717) is 17.0 Å². The van der Waals surface area contributed by atoms with E-state index in [4.69, 9.17) is 9.47 Å². The third kappa shape index (κ3) is 4.83. The minimum absolute atomic E-state index is 0.165. The number of phenolic OH excluding ortho intramolecular Hbond substituents is 1. The van der Waals surface area contributed by atoms with E-state index in [2.05, 4.69) is 4.98 Å². The number of nitrogens with one attached hydrogen (secondary N) is 1. The molecule has 3 aromatic rings. The van der Waals surface area contributed by atoms with Gasteiger partial charge in [0.15, 0.2) is 6.61 Å². The molecule has 0 saturated heterocycles. The summed E-state index contributed by atoms with van der Waals surface area (Å²) < 4.78 is 10.2. The van der Waals surface area contributed by atoms with Gasteiger partial charge in [-0.2, -0.15) is 0 Å². The molecule has 0 saturated carbocycles. The molecule has 1 heterocycles. The second-order valence-corrected chi connectivity index (χ2v) is 6.97. The van der Waals surface area contributed by atoms with Crippen molar-refractivity contribution in [1.29, 1.82) is 0 Å². The molecule has 0 aliphatic carbocycles. The van der Waals surface area contributed by atoms with Crippen molar-refractivity contribution < 1.29 is 29.0 Å². The Balaban J connectivity index is 1.69. The van der Waals surface area contributed by atoms with Crippen LogP contribution in [0, 0.1) is 13.8 Å². The average Bonchev–Trinajstić information content (AvgIpc) is 3.06. The summed E-state index contributed by atoms with van der Waals surface area (Å²) in [6.07, 6.45) is 0. The molecule has 160 valence electrons. The zero-order valence-electron chi connectivity index (χ0n) is 17.5. The highest BCUT2D eigenvalue weighted by molar-refractivity contribution is 6.09. The zero-order valence-corrected chi connectivity index (χ0v) is 17.5. The number of aryl methyl sites for hydroxylation is 2. The first-order chi connectivity index (χ1) is 14.8. The van der Waals surface area contributed by atoms with Gasteiger partial charge < -0.3 is 19.6 Å². The third-order valence-electron chi connectivity index (χ3n) is 4.79. The highest BCUT2D eigenvalue weighted by atomic mass is 16.5. The molecular weight excluding hydrogens is 398 g/mol. The van der Waals surface area contributed by atoms with Gasteiger partial charge in [-0.05, 0) is 56.2 Å². The Hall–Kier alpha value is -3.87. The average molecular weight is 421 g/mol. The van der Waals surface area contributed by atoms with E-state index in [1.54, 1.807) is 69.3 Å². The minimum Gasteiger partial charge on any atom is -0.508 e. The Morgan fingerprint density at radius 3 is 1.94 bits per heavy atom. The maximum atomic E-state index is 12.7. The third-order valence-corrected chi connectivity index (χ3v) is 4.79. The van der Waals surface area contributed by atoms with Gasteiger partial charge in [0, 0.05) is 11.4 Å². The predicted molar refractivity (Wildman–Crippen MR) is 114 cm³/mol. The molecule has 0 spiro atoms. The number of phenols is 1. The van der Waals surface area contributed by atoms with Gasteiger partial charge in [-0.3, -0.25) is 4.79 Å². The summed E-state index contributed by atoms with van der Waals surface area (Å²) in [5.41, 5.74) is 3.42. The van der Waals surface area contributed by atoms with E-state index in [0.717, 1.165) is 11.1 Å². The number of hydrogen-bond acceptors (Lipinski definition) is 6. The highest BCUT2D eigenvalue weighted by Gasteiger charge is 2.26. The number of esters is 2. The summed E-state index contributed by atoms with van der Waals surface area (Å²) in [7, 11) is 0. The maximum Gasteiger partial charge on any atom is 0.340 e. The van der Waals surface area contributed by atoms with Crippen LogP contribution in [0.25, 0.3) is 11.1 Å². The Morgan fingerprint density at radius 2 is 1.35 bits per heavy atom. The SMILES string of the molecule is CCOC(=O)c1c(C)[nH]c(C)c1C(=O)COC(=O)c1ccc(-c2ccc(O)cc2)cc1. The Bertz CT molecular complexity index is 1110. The summed E-state index contributed by atoms with van der Waals surface area (Å²) in [4.78, 5) is 40.2. The molecular formula is C24H23NO6. The molecule has 0 amide bonds. The van der Waals surface area contributed by atoms with Crippen LogP contribution in [0.1, 0.15) is 49.4 Å². The zero-order chi connectivity index (χ0) is 22.5. The molecule has 0 aliphatic heterocycles. The Kier molecular flexibility index (Phi) is 6.55. The summed E-state index contributed by atoms with van der Waals surface area (Å²) in [5.74, 6) is -1.55. The van der Waals surface area contributed by atoms with Crippen molar-refractivity contribution in [2.75, 3.05) is 13.2 Å². The number of carbonyl (C=O) groups is 3. The lowest BCUT2D eigenvalue weighted by molar-refractivity contribution is 0.0472. The van der Waals surface area contributed by atoms with Gasteiger partial charge in [-0.15, -0.1) is 0 Å². The number of Topliss-reactive ketones (excluding diaryl/α,β-unsaturated/α-hetero) is 1. The van der Waals surface area contributed by atoms with Crippen LogP contribution in [0.15, 0.2) is 48.5 Å². The number of carbonyl (C=O) groups excluding carboxylic acids is 3. The lowest BCUT2D eigenvalue weighted by Crippen LogP contribution is -2.18. The molecule has 0 bridgehead atoms. The number of aromatic amines is 1. The van der Waals surface area contributed by atoms with E-state index < -0.39 is 24.3 Å². The fraction of sp³-hybridized carbons (Fsp3) is 0.208. The topological polar surface area (TPSA) is 106 Å². The van der Waals surface area contributed by atoms with Crippen molar-refractivity contribution in [2.45, 2.75) is 20.8 Å². The van der Waals surface area contributed by atoms with Gasteiger partial charge in [0.2, 0.25) is 5.78 Å². The Morgan fingerprint density at radius 1 is 0.806 bits per heavy atom. The molecule has 0 unspecified atom stereocenters. The van der Waals surface area contributed by atoms with Crippen molar-refractivity contribution in [3.63, 3.8) is 0 Å². The molecule has 0 atom stereocenters. The fourth-order valence-corrected chi connectivity index (χ4v) is 3.33. The fourth-order valence-electron chi connectivity index (χ4n) is 3.33. The van der Waals surface area contributed by atoms with Gasteiger partial charge in [0.1, 0.15) is 5.75 Å². The molecule has 0 fully saturated rings. The number of ketones is 1.